The van der Waals surface area contributed by atoms with Crippen LogP contribution in [0.15, 0.2) is 0 Å². The molecule has 0 radical (unpaired) electrons. The standard InChI is InChI=1S/C11H20N2O/c1-9(2)11(14)13-7-6-12-5-3-4-10(12)8-13/h9-10H,3-8H2,1-2H3/t10-/m1/s1. The molecule has 2 rings (SSSR count). The number of nitrogens with zero attached hydrogens (tertiary/aromatic N) is 2. The van der Waals surface area contributed by atoms with Crippen LogP contribution in [0.3, 0.4) is 0 Å². The lowest BCUT2D eigenvalue weighted by Crippen LogP contribution is -2.52. The molecule has 2 heterocycles. The summed E-state index contributed by atoms with van der Waals surface area (Å²) < 4.78 is 0. The Balaban J connectivity index is 1.94. The molecule has 0 aromatic heterocycles. The van der Waals surface area contributed by atoms with E-state index in [0.29, 0.717) is 11.9 Å². The number of hydrogen-bond donors (Lipinski definition) is 0. The van der Waals surface area contributed by atoms with Crippen molar-refractivity contribution in [2.45, 2.75) is 32.7 Å². The molecule has 0 unspecified atom stereocenters. The maximum Gasteiger partial charge on any atom is 0.225 e. The Morgan fingerprint density at radius 3 is 2.79 bits per heavy atom. The first-order chi connectivity index (χ1) is 6.68. The van der Waals surface area contributed by atoms with Crippen LogP contribution < -0.4 is 0 Å². The first kappa shape index (κ1) is 9.97. The predicted molar refractivity (Wildman–Crippen MR) is 56.0 cm³/mol. The van der Waals surface area contributed by atoms with Crippen molar-refractivity contribution in [3.63, 3.8) is 0 Å². The van der Waals surface area contributed by atoms with Gasteiger partial charge in [0.25, 0.3) is 0 Å². The van der Waals surface area contributed by atoms with Gasteiger partial charge in [-0.15, -0.1) is 0 Å². The molecule has 80 valence electrons. The van der Waals surface area contributed by atoms with Crippen LogP contribution in [0.1, 0.15) is 26.7 Å². The van der Waals surface area contributed by atoms with Gasteiger partial charge in [0, 0.05) is 31.6 Å². The molecule has 1 atom stereocenters. The Hall–Kier alpha value is -0.570. The highest BCUT2D eigenvalue weighted by Gasteiger charge is 2.32. The molecule has 3 nitrogen and oxygen atoms in total. The van der Waals surface area contributed by atoms with E-state index in [1.807, 2.05) is 13.8 Å². The summed E-state index contributed by atoms with van der Waals surface area (Å²) >= 11 is 0. The van der Waals surface area contributed by atoms with Crippen LogP contribution in [0.4, 0.5) is 0 Å². The second kappa shape index (κ2) is 3.89. The van der Waals surface area contributed by atoms with Crippen molar-refractivity contribution in [2.75, 3.05) is 26.2 Å². The molecule has 2 aliphatic heterocycles. The summed E-state index contributed by atoms with van der Waals surface area (Å²) in [4.78, 5) is 16.4. The van der Waals surface area contributed by atoms with Crippen LogP contribution in [-0.2, 0) is 4.79 Å². The molecule has 2 aliphatic rings. The van der Waals surface area contributed by atoms with Crippen molar-refractivity contribution < 1.29 is 4.79 Å². The smallest absolute Gasteiger partial charge is 0.225 e. The van der Waals surface area contributed by atoms with Gasteiger partial charge in [-0.25, -0.2) is 0 Å². The molecule has 0 aromatic carbocycles. The van der Waals surface area contributed by atoms with Gasteiger partial charge in [0.1, 0.15) is 0 Å². The highest BCUT2D eigenvalue weighted by atomic mass is 16.2. The monoisotopic (exact) mass is 196 g/mol. The number of piperazine rings is 1. The third kappa shape index (κ3) is 1.78. The van der Waals surface area contributed by atoms with Crippen LogP contribution in [0, 0.1) is 5.92 Å². The van der Waals surface area contributed by atoms with E-state index in [4.69, 9.17) is 0 Å². The molecular weight excluding hydrogens is 176 g/mol. The van der Waals surface area contributed by atoms with Crippen LogP contribution in [0.2, 0.25) is 0 Å². The van der Waals surface area contributed by atoms with Crippen LogP contribution >= 0.6 is 0 Å². The average Bonchev–Trinajstić information content (AvgIpc) is 2.62. The van der Waals surface area contributed by atoms with Crippen LogP contribution in [0.25, 0.3) is 0 Å². The molecule has 2 saturated heterocycles. The number of fused-ring (bicyclic) bond motifs is 1. The zero-order valence-electron chi connectivity index (χ0n) is 9.20. The zero-order valence-corrected chi connectivity index (χ0v) is 9.20. The second-order valence-corrected chi connectivity index (χ2v) is 4.77. The summed E-state index contributed by atoms with van der Waals surface area (Å²) in [6.45, 7) is 8.22. The molecular formula is C11H20N2O. The predicted octanol–water partition coefficient (Wildman–Crippen LogP) is 0.949. The van der Waals surface area contributed by atoms with Crippen LogP contribution in [0.5, 0.6) is 0 Å². The Labute approximate surface area is 86.1 Å². The number of carbonyl (C=O) groups is 1. The summed E-state index contributed by atoms with van der Waals surface area (Å²) in [5, 5.41) is 0. The van der Waals surface area contributed by atoms with Gasteiger partial charge in [-0.2, -0.15) is 0 Å². The SMILES string of the molecule is CC(C)C(=O)N1CCN2CCC[C@@H]2C1. The molecule has 0 bridgehead atoms. The summed E-state index contributed by atoms with van der Waals surface area (Å²) in [6.07, 6.45) is 2.59. The fraction of sp³-hybridized carbons (Fsp3) is 0.909. The largest absolute Gasteiger partial charge is 0.340 e. The Morgan fingerprint density at radius 1 is 1.29 bits per heavy atom. The maximum atomic E-state index is 11.8. The molecule has 3 heteroatoms. The topological polar surface area (TPSA) is 23.6 Å². The van der Waals surface area contributed by atoms with Gasteiger partial charge in [0.2, 0.25) is 5.91 Å². The molecule has 0 spiro atoms. The first-order valence-corrected chi connectivity index (χ1v) is 5.71. The van der Waals surface area contributed by atoms with Crippen molar-refractivity contribution in [1.29, 1.82) is 0 Å². The lowest BCUT2D eigenvalue weighted by Gasteiger charge is -2.38. The quantitative estimate of drug-likeness (QED) is 0.623. The van der Waals surface area contributed by atoms with E-state index < -0.39 is 0 Å². The molecule has 0 saturated carbocycles. The minimum atomic E-state index is 0.156. The van der Waals surface area contributed by atoms with E-state index in [1.54, 1.807) is 0 Å². The van der Waals surface area contributed by atoms with Gasteiger partial charge >= 0.3 is 0 Å². The fourth-order valence-electron chi connectivity index (χ4n) is 2.56. The molecule has 1 amide bonds. The highest BCUT2D eigenvalue weighted by molar-refractivity contribution is 5.78. The summed E-state index contributed by atoms with van der Waals surface area (Å²) in [5.41, 5.74) is 0. The fourth-order valence-corrected chi connectivity index (χ4v) is 2.56. The van der Waals surface area contributed by atoms with E-state index in [9.17, 15) is 4.79 Å². The molecule has 0 aromatic rings. The summed E-state index contributed by atoms with van der Waals surface area (Å²) in [6, 6.07) is 0.659. The van der Waals surface area contributed by atoms with Gasteiger partial charge in [0.15, 0.2) is 0 Å². The zero-order chi connectivity index (χ0) is 10.1. The number of rotatable bonds is 1. The minimum Gasteiger partial charge on any atom is -0.340 e. The lowest BCUT2D eigenvalue weighted by molar-refractivity contribution is -0.137. The van der Waals surface area contributed by atoms with Crippen molar-refractivity contribution in [2.24, 2.45) is 5.92 Å². The van der Waals surface area contributed by atoms with E-state index in [-0.39, 0.29) is 5.92 Å². The number of carbonyl (C=O) groups excluding carboxylic acids is 1. The van der Waals surface area contributed by atoms with E-state index in [0.717, 1.165) is 19.6 Å². The Kier molecular flexibility index (Phi) is 2.77. The Bertz CT molecular complexity index is 227. The third-order valence-electron chi connectivity index (χ3n) is 3.39. The van der Waals surface area contributed by atoms with Crippen LogP contribution in [-0.4, -0.2) is 47.9 Å². The molecule has 0 N–H and O–H groups in total. The number of hydrogen-bond acceptors (Lipinski definition) is 2. The highest BCUT2D eigenvalue weighted by Crippen LogP contribution is 2.22. The maximum absolute atomic E-state index is 11.8. The number of amides is 1. The molecule has 2 fully saturated rings. The van der Waals surface area contributed by atoms with Gasteiger partial charge in [-0.1, -0.05) is 13.8 Å². The third-order valence-corrected chi connectivity index (χ3v) is 3.39. The van der Waals surface area contributed by atoms with Gasteiger partial charge in [-0.3, -0.25) is 9.69 Å². The van der Waals surface area contributed by atoms with E-state index >= 15 is 0 Å². The van der Waals surface area contributed by atoms with E-state index in [1.165, 1.54) is 19.4 Å². The van der Waals surface area contributed by atoms with E-state index in [2.05, 4.69) is 9.80 Å². The Morgan fingerprint density at radius 2 is 2.07 bits per heavy atom. The molecule has 0 aliphatic carbocycles. The van der Waals surface area contributed by atoms with Crippen molar-refractivity contribution in [3.05, 3.63) is 0 Å². The van der Waals surface area contributed by atoms with Gasteiger partial charge < -0.3 is 4.90 Å². The van der Waals surface area contributed by atoms with Crippen molar-refractivity contribution in [1.82, 2.24) is 9.80 Å². The van der Waals surface area contributed by atoms with Gasteiger partial charge in [-0.05, 0) is 19.4 Å². The molecule has 14 heavy (non-hydrogen) atoms. The normalized spacial score (nSPS) is 28.2. The van der Waals surface area contributed by atoms with Gasteiger partial charge in [0.05, 0.1) is 0 Å². The lowest BCUT2D eigenvalue weighted by atomic mass is 10.1. The summed E-state index contributed by atoms with van der Waals surface area (Å²) in [5.74, 6) is 0.486. The van der Waals surface area contributed by atoms with Crippen molar-refractivity contribution in [3.8, 4) is 0 Å². The van der Waals surface area contributed by atoms with Crippen molar-refractivity contribution >= 4 is 5.91 Å². The summed E-state index contributed by atoms with van der Waals surface area (Å²) in [7, 11) is 0. The average molecular weight is 196 g/mol. The second-order valence-electron chi connectivity index (χ2n) is 4.77. The minimum absolute atomic E-state index is 0.156. The first-order valence-electron chi connectivity index (χ1n) is 5.71.